The molecule has 0 aliphatic heterocycles. The molecule has 0 saturated heterocycles. The van der Waals surface area contributed by atoms with Gasteiger partial charge in [0.25, 0.3) is 8.53 Å². The molecule has 0 aliphatic rings. The quantitative estimate of drug-likeness (QED) is 0.0390. The van der Waals surface area contributed by atoms with Gasteiger partial charge in [-0.3, -0.25) is 0 Å². The van der Waals surface area contributed by atoms with Crippen LogP contribution in [0.3, 0.4) is 0 Å². The average molecular weight is 649 g/mol. The van der Waals surface area contributed by atoms with Crippen LogP contribution in [0.1, 0.15) is 50.8 Å². The van der Waals surface area contributed by atoms with Crippen LogP contribution in [-0.4, -0.2) is 76.8 Å². The third-order valence-electron chi connectivity index (χ3n) is 7.34. The Bertz CT molecular complexity index is 1270. The zero-order valence-corrected chi connectivity index (χ0v) is 29.0. The second-order valence-electron chi connectivity index (χ2n) is 11.2. The van der Waals surface area contributed by atoms with E-state index in [1.54, 1.807) is 14.2 Å². The van der Waals surface area contributed by atoms with Crippen molar-refractivity contribution in [2.75, 3.05) is 47.2 Å². The van der Waals surface area contributed by atoms with Crippen LogP contribution in [0, 0.1) is 12.3 Å². The van der Waals surface area contributed by atoms with E-state index in [1.165, 1.54) is 0 Å². The summed E-state index contributed by atoms with van der Waals surface area (Å²) in [4.78, 5) is 3.95. The molecule has 248 valence electrons. The number of hydrogen-bond acceptors (Lipinski definition) is 8. The SMILES string of the molecule is C#CCOC(COP(OCCCN=C)N(C(C)C)C(C)C)COC(c1ccccc1)(c1ccc(OC)cc1)c1ccc(OC)cc1. The van der Waals surface area contributed by atoms with Crippen LogP contribution in [0.2, 0.25) is 0 Å². The van der Waals surface area contributed by atoms with Crippen molar-refractivity contribution in [3.63, 3.8) is 0 Å². The van der Waals surface area contributed by atoms with Crippen molar-refractivity contribution < 1.29 is 28.0 Å². The molecule has 0 heterocycles. The molecule has 9 heteroatoms. The van der Waals surface area contributed by atoms with Crippen molar-refractivity contribution >= 4 is 15.2 Å². The van der Waals surface area contributed by atoms with E-state index in [9.17, 15) is 0 Å². The second kappa shape index (κ2) is 19.4. The summed E-state index contributed by atoms with van der Waals surface area (Å²) in [5.74, 6) is 4.10. The number of aliphatic imine (C=N–C) groups is 1. The summed E-state index contributed by atoms with van der Waals surface area (Å²) >= 11 is 0. The highest BCUT2D eigenvalue weighted by Crippen LogP contribution is 2.46. The molecule has 46 heavy (non-hydrogen) atoms. The van der Waals surface area contributed by atoms with Gasteiger partial charge >= 0.3 is 0 Å². The lowest BCUT2D eigenvalue weighted by molar-refractivity contribution is -0.0718. The molecule has 0 bridgehead atoms. The predicted octanol–water partition coefficient (Wildman–Crippen LogP) is 7.50. The second-order valence-corrected chi connectivity index (χ2v) is 12.6. The minimum Gasteiger partial charge on any atom is -0.497 e. The van der Waals surface area contributed by atoms with Crippen molar-refractivity contribution in [1.29, 1.82) is 0 Å². The highest BCUT2D eigenvalue weighted by Gasteiger charge is 2.39. The fraction of sp³-hybridized carbons (Fsp3) is 0.432. The van der Waals surface area contributed by atoms with Gasteiger partial charge in [0.15, 0.2) is 0 Å². The van der Waals surface area contributed by atoms with Crippen LogP contribution < -0.4 is 9.47 Å². The van der Waals surface area contributed by atoms with Crippen molar-refractivity contribution in [2.45, 2.75) is 57.9 Å². The zero-order chi connectivity index (χ0) is 33.4. The summed E-state index contributed by atoms with van der Waals surface area (Å²) in [5.41, 5.74) is 1.80. The normalized spacial score (nSPS) is 13.0. The molecule has 8 nitrogen and oxygen atoms in total. The molecule has 0 amide bonds. The first-order chi connectivity index (χ1) is 22.3. The summed E-state index contributed by atoms with van der Waals surface area (Å²) in [7, 11) is 1.92. The van der Waals surface area contributed by atoms with Crippen LogP contribution in [0.5, 0.6) is 11.5 Å². The molecule has 2 atom stereocenters. The van der Waals surface area contributed by atoms with Crippen LogP contribution in [0.4, 0.5) is 0 Å². The van der Waals surface area contributed by atoms with Crippen molar-refractivity contribution in [3.05, 3.63) is 95.6 Å². The lowest BCUT2D eigenvalue weighted by Gasteiger charge is -2.38. The highest BCUT2D eigenvalue weighted by atomic mass is 31.2. The standard InChI is InChI=1S/C37H49N2O6P/c1-9-25-42-36(28-45-46(44-26-13-24-38-6)39(29(2)3)30(4)5)27-43-37(31-14-11-10-12-15-31,32-16-20-34(40-7)21-17-32)33-18-22-35(41-8)23-19-33/h1,10-12,14-23,29-30,36H,6,13,24-28H2,2-5,7-8H3. The van der Waals surface area contributed by atoms with Gasteiger partial charge in [-0.15, -0.1) is 6.42 Å². The Morgan fingerprint density at radius 3 is 1.83 bits per heavy atom. The predicted molar refractivity (Wildman–Crippen MR) is 187 cm³/mol. The summed E-state index contributed by atoms with van der Waals surface area (Å²) < 4.78 is 39.3. The highest BCUT2D eigenvalue weighted by molar-refractivity contribution is 7.44. The first-order valence-electron chi connectivity index (χ1n) is 15.6. The largest absolute Gasteiger partial charge is 0.497 e. The van der Waals surface area contributed by atoms with Crippen molar-refractivity contribution in [3.8, 4) is 23.8 Å². The Labute approximate surface area is 277 Å². The van der Waals surface area contributed by atoms with Gasteiger partial charge in [0.2, 0.25) is 0 Å². The number of terminal acetylenes is 1. The van der Waals surface area contributed by atoms with E-state index in [2.05, 4.69) is 62.1 Å². The number of ether oxygens (including phenoxy) is 4. The third kappa shape index (κ3) is 10.1. The topological polar surface area (TPSA) is 71.0 Å². The van der Waals surface area contributed by atoms with Gasteiger partial charge in [-0.1, -0.05) is 60.5 Å². The lowest BCUT2D eigenvalue weighted by atomic mass is 9.80. The molecule has 3 rings (SSSR count). The van der Waals surface area contributed by atoms with E-state index < -0.39 is 20.2 Å². The first-order valence-corrected chi connectivity index (χ1v) is 16.7. The van der Waals surface area contributed by atoms with E-state index in [0.717, 1.165) is 34.6 Å². The van der Waals surface area contributed by atoms with Crippen LogP contribution >= 0.6 is 8.53 Å². The van der Waals surface area contributed by atoms with E-state index in [0.29, 0.717) is 13.2 Å². The molecular formula is C37H49N2O6P. The number of methoxy groups -OCH3 is 2. The maximum Gasteiger partial charge on any atom is 0.259 e. The Kier molecular flexibility index (Phi) is 15.7. The van der Waals surface area contributed by atoms with Crippen molar-refractivity contribution in [1.82, 2.24) is 4.67 Å². The first kappa shape index (κ1) is 37.2. The Balaban J connectivity index is 2.01. The fourth-order valence-corrected chi connectivity index (χ4v) is 6.89. The van der Waals surface area contributed by atoms with Gasteiger partial charge in [-0.25, -0.2) is 4.67 Å². The summed E-state index contributed by atoms with van der Waals surface area (Å²) in [5, 5.41) is 0. The number of rotatable bonds is 21. The number of nitrogens with zero attached hydrogens (tertiary/aromatic N) is 2. The van der Waals surface area contributed by atoms with E-state index >= 15 is 0 Å². The molecule has 0 radical (unpaired) electrons. The van der Waals surface area contributed by atoms with E-state index in [4.69, 9.17) is 34.4 Å². The van der Waals surface area contributed by atoms with E-state index in [1.807, 2.05) is 66.7 Å². The monoisotopic (exact) mass is 648 g/mol. The average Bonchev–Trinajstić information content (AvgIpc) is 3.08. The van der Waals surface area contributed by atoms with Crippen LogP contribution in [0.25, 0.3) is 0 Å². The lowest BCUT2D eigenvalue weighted by Crippen LogP contribution is -2.38. The van der Waals surface area contributed by atoms with Crippen LogP contribution in [-0.2, 0) is 24.1 Å². The Hall–Kier alpha value is -3.28. The summed E-state index contributed by atoms with van der Waals surface area (Å²) in [6.07, 6.45) is 5.92. The van der Waals surface area contributed by atoms with Gasteiger partial charge in [0.05, 0.1) is 34.0 Å². The molecule has 0 spiro atoms. The molecule has 0 saturated carbocycles. The van der Waals surface area contributed by atoms with Gasteiger partial charge in [0, 0.05) is 18.6 Å². The molecule has 3 aromatic carbocycles. The molecule has 3 aromatic rings. The molecule has 0 N–H and O–H groups in total. The van der Waals surface area contributed by atoms with Gasteiger partial charge in [-0.05, 0) is 81.8 Å². The molecule has 0 aliphatic carbocycles. The van der Waals surface area contributed by atoms with Crippen molar-refractivity contribution in [2.24, 2.45) is 4.99 Å². The molecule has 0 fully saturated rings. The van der Waals surface area contributed by atoms with E-state index in [-0.39, 0.29) is 31.9 Å². The Morgan fingerprint density at radius 2 is 1.35 bits per heavy atom. The van der Waals surface area contributed by atoms with Gasteiger partial charge < -0.3 is 33.0 Å². The molecule has 0 aromatic heterocycles. The smallest absolute Gasteiger partial charge is 0.259 e. The van der Waals surface area contributed by atoms with Gasteiger partial charge in [0.1, 0.15) is 29.8 Å². The minimum absolute atomic E-state index is 0.114. The Morgan fingerprint density at radius 1 is 0.804 bits per heavy atom. The maximum atomic E-state index is 7.07. The molecular weight excluding hydrogens is 599 g/mol. The number of hydrogen-bond donors (Lipinski definition) is 0. The zero-order valence-electron chi connectivity index (χ0n) is 28.1. The fourth-order valence-electron chi connectivity index (χ4n) is 5.21. The summed E-state index contributed by atoms with van der Waals surface area (Å²) in [6, 6.07) is 26.4. The van der Waals surface area contributed by atoms with Gasteiger partial charge in [-0.2, -0.15) is 0 Å². The third-order valence-corrected chi connectivity index (χ3v) is 9.42. The maximum absolute atomic E-state index is 7.07. The number of benzene rings is 3. The summed E-state index contributed by atoms with van der Waals surface area (Å²) in [6.45, 7) is 13.8. The van der Waals surface area contributed by atoms with Crippen LogP contribution in [0.15, 0.2) is 83.9 Å². The minimum atomic E-state index is -1.39. The molecule has 2 unspecified atom stereocenters.